The molecular formula is C14H20N2O3. The molecule has 19 heavy (non-hydrogen) atoms. The molecule has 3 amide bonds. The van der Waals surface area contributed by atoms with Gasteiger partial charge in [-0.25, -0.2) is 0 Å². The number of carbonyl (C=O) groups excluding carboxylic acids is 3. The summed E-state index contributed by atoms with van der Waals surface area (Å²) < 4.78 is 0. The number of nitrogens with zero attached hydrogens (tertiary/aromatic N) is 1. The Labute approximate surface area is 113 Å². The first-order valence-corrected chi connectivity index (χ1v) is 6.97. The molecule has 1 saturated heterocycles. The van der Waals surface area contributed by atoms with E-state index in [0.717, 1.165) is 37.7 Å². The molecule has 5 nitrogen and oxygen atoms in total. The number of rotatable bonds is 3. The van der Waals surface area contributed by atoms with Crippen LogP contribution in [0.1, 0.15) is 45.4 Å². The summed E-state index contributed by atoms with van der Waals surface area (Å²) >= 11 is 0. The van der Waals surface area contributed by atoms with Crippen LogP contribution >= 0.6 is 0 Å². The summed E-state index contributed by atoms with van der Waals surface area (Å²) in [6, 6.07) is -0.630. The van der Waals surface area contributed by atoms with Crippen molar-refractivity contribution in [3.63, 3.8) is 0 Å². The quantitative estimate of drug-likeness (QED) is 0.777. The van der Waals surface area contributed by atoms with E-state index in [2.05, 4.69) is 5.32 Å². The predicted molar refractivity (Wildman–Crippen MR) is 70.1 cm³/mol. The van der Waals surface area contributed by atoms with E-state index in [1.165, 1.54) is 4.90 Å². The summed E-state index contributed by atoms with van der Waals surface area (Å²) in [4.78, 5) is 37.0. The molecule has 5 heteroatoms. The Hall–Kier alpha value is -1.65. The van der Waals surface area contributed by atoms with Crippen LogP contribution in [0, 0.1) is 0 Å². The first-order valence-electron chi connectivity index (χ1n) is 6.97. The molecule has 0 saturated carbocycles. The van der Waals surface area contributed by atoms with Crippen molar-refractivity contribution >= 4 is 17.7 Å². The first kappa shape index (κ1) is 13.8. The molecule has 0 radical (unpaired) electrons. The molecule has 1 aliphatic heterocycles. The zero-order chi connectivity index (χ0) is 13.8. The second-order valence-electron chi connectivity index (χ2n) is 5.05. The van der Waals surface area contributed by atoms with Crippen molar-refractivity contribution in [3.05, 3.63) is 11.6 Å². The number of carbonyl (C=O) groups is 3. The van der Waals surface area contributed by atoms with Gasteiger partial charge in [0, 0.05) is 12.1 Å². The van der Waals surface area contributed by atoms with Crippen molar-refractivity contribution in [1.29, 1.82) is 0 Å². The molecule has 1 fully saturated rings. The van der Waals surface area contributed by atoms with Gasteiger partial charge in [-0.15, -0.1) is 0 Å². The molecule has 0 aromatic heterocycles. The summed E-state index contributed by atoms with van der Waals surface area (Å²) in [5.74, 6) is -0.732. The van der Waals surface area contributed by atoms with Gasteiger partial charge in [-0.3, -0.25) is 19.7 Å². The SMILES string of the molecule is CCN(C(=O)C1=CCCCCC1)[C@@H]1CC(=O)NC1=O. The molecule has 0 spiro atoms. The van der Waals surface area contributed by atoms with Crippen molar-refractivity contribution in [2.45, 2.75) is 51.5 Å². The van der Waals surface area contributed by atoms with E-state index in [1.54, 1.807) is 0 Å². The molecule has 1 N–H and O–H groups in total. The minimum atomic E-state index is -0.630. The van der Waals surface area contributed by atoms with Crippen LogP contribution in [0.2, 0.25) is 0 Å². The topological polar surface area (TPSA) is 66.5 Å². The Morgan fingerprint density at radius 3 is 2.79 bits per heavy atom. The molecule has 104 valence electrons. The Morgan fingerprint density at radius 1 is 1.37 bits per heavy atom. The lowest BCUT2D eigenvalue weighted by Gasteiger charge is -2.26. The summed E-state index contributed by atoms with van der Waals surface area (Å²) in [5, 5.41) is 2.26. The van der Waals surface area contributed by atoms with E-state index in [0.29, 0.717) is 6.54 Å². The van der Waals surface area contributed by atoms with Gasteiger partial charge in [-0.2, -0.15) is 0 Å². The smallest absolute Gasteiger partial charge is 0.250 e. The zero-order valence-electron chi connectivity index (χ0n) is 11.3. The van der Waals surface area contributed by atoms with Crippen LogP contribution in [0.3, 0.4) is 0 Å². The third-order valence-corrected chi connectivity index (χ3v) is 3.74. The van der Waals surface area contributed by atoms with Crippen LogP contribution in [-0.2, 0) is 14.4 Å². The maximum Gasteiger partial charge on any atom is 0.250 e. The Kier molecular flexibility index (Phi) is 4.35. The average Bonchev–Trinajstić information content (AvgIpc) is 2.61. The fourth-order valence-electron chi connectivity index (χ4n) is 2.69. The predicted octanol–water partition coefficient (Wildman–Crippen LogP) is 1.14. The fraction of sp³-hybridized carbons (Fsp3) is 0.643. The summed E-state index contributed by atoms with van der Waals surface area (Å²) in [5.41, 5.74) is 0.798. The summed E-state index contributed by atoms with van der Waals surface area (Å²) in [6.07, 6.45) is 7.06. The molecule has 0 bridgehead atoms. The van der Waals surface area contributed by atoms with Gasteiger partial charge in [0.25, 0.3) is 0 Å². The number of allylic oxidation sites excluding steroid dienone is 1. The van der Waals surface area contributed by atoms with Crippen LogP contribution in [0.4, 0.5) is 0 Å². The van der Waals surface area contributed by atoms with Gasteiger partial charge >= 0.3 is 0 Å². The normalized spacial score (nSPS) is 23.6. The Balaban J connectivity index is 2.12. The number of hydrogen-bond donors (Lipinski definition) is 1. The number of hydrogen-bond acceptors (Lipinski definition) is 3. The summed E-state index contributed by atoms with van der Waals surface area (Å²) in [7, 11) is 0. The number of amides is 3. The molecule has 1 heterocycles. The molecular weight excluding hydrogens is 244 g/mol. The lowest BCUT2D eigenvalue weighted by atomic mass is 10.1. The highest BCUT2D eigenvalue weighted by atomic mass is 16.2. The van der Waals surface area contributed by atoms with Crippen LogP contribution in [0.25, 0.3) is 0 Å². The zero-order valence-corrected chi connectivity index (χ0v) is 11.3. The van der Waals surface area contributed by atoms with Crippen LogP contribution < -0.4 is 5.32 Å². The largest absolute Gasteiger partial charge is 0.327 e. The monoisotopic (exact) mass is 264 g/mol. The molecule has 0 aromatic rings. The second-order valence-corrected chi connectivity index (χ2v) is 5.05. The van der Waals surface area contributed by atoms with Gasteiger partial charge in [0.1, 0.15) is 6.04 Å². The van der Waals surface area contributed by atoms with Crippen LogP contribution in [0.5, 0.6) is 0 Å². The maximum atomic E-state index is 12.5. The van der Waals surface area contributed by atoms with Gasteiger partial charge in [0.05, 0.1) is 6.42 Å². The Bertz CT molecular complexity index is 428. The van der Waals surface area contributed by atoms with Gasteiger partial charge in [0.15, 0.2) is 0 Å². The molecule has 2 aliphatic rings. The van der Waals surface area contributed by atoms with Crippen LogP contribution in [-0.4, -0.2) is 35.2 Å². The highest BCUT2D eigenvalue weighted by Crippen LogP contribution is 2.21. The average molecular weight is 264 g/mol. The highest BCUT2D eigenvalue weighted by Gasteiger charge is 2.37. The molecule has 2 rings (SSSR count). The minimum absolute atomic E-state index is 0.0840. The van der Waals surface area contributed by atoms with Gasteiger partial charge in [-0.1, -0.05) is 12.5 Å². The number of likely N-dealkylation sites (N-methyl/N-ethyl adjacent to an activating group) is 1. The minimum Gasteiger partial charge on any atom is -0.327 e. The number of nitrogens with one attached hydrogen (secondary N) is 1. The Morgan fingerprint density at radius 2 is 2.16 bits per heavy atom. The van der Waals surface area contributed by atoms with E-state index in [1.807, 2.05) is 13.0 Å². The van der Waals surface area contributed by atoms with Crippen LogP contribution in [0.15, 0.2) is 11.6 Å². The van der Waals surface area contributed by atoms with E-state index in [4.69, 9.17) is 0 Å². The molecule has 1 atom stereocenters. The third-order valence-electron chi connectivity index (χ3n) is 3.74. The lowest BCUT2D eigenvalue weighted by molar-refractivity contribution is -0.135. The standard InChI is InChI=1S/C14H20N2O3/c1-2-16(11-9-12(17)15-13(11)18)14(19)10-7-5-3-4-6-8-10/h7,11H,2-6,8-9H2,1H3,(H,15,17,18)/t11-/m1/s1. The summed E-state index contributed by atoms with van der Waals surface area (Å²) in [6.45, 7) is 2.28. The highest BCUT2D eigenvalue weighted by molar-refractivity contribution is 6.08. The van der Waals surface area contributed by atoms with Crippen molar-refractivity contribution < 1.29 is 14.4 Å². The van der Waals surface area contributed by atoms with Gasteiger partial charge in [0.2, 0.25) is 17.7 Å². The van der Waals surface area contributed by atoms with Gasteiger partial charge in [-0.05, 0) is 32.6 Å². The van der Waals surface area contributed by atoms with E-state index >= 15 is 0 Å². The molecule has 1 aliphatic carbocycles. The van der Waals surface area contributed by atoms with Crippen molar-refractivity contribution in [3.8, 4) is 0 Å². The first-order chi connectivity index (χ1) is 9.13. The van der Waals surface area contributed by atoms with Crippen molar-refractivity contribution in [2.24, 2.45) is 0 Å². The maximum absolute atomic E-state index is 12.5. The van der Waals surface area contributed by atoms with E-state index in [-0.39, 0.29) is 24.1 Å². The van der Waals surface area contributed by atoms with Crippen molar-refractivity contribution in [1.82, 2.24) is 10.2 Å². The second kappa shape index (κ2) is 5.99. The van der Waals surface area contributed by atoms with E-state index in [9.17, 15) is 14.4 Å². The number of imide groups is 1. The van der Waals surface area contributed by atoms with Gasteiger partial charge < -0.3 is 4.90 Å². The van der Waals surface area contributed by atoms with E-state index < -0.39 is 6.04 Å². The molecule has 0 unspecified atom stereocenters. The fourth-order valence-corrected chi connectivity index (χ4v) is 2.69. The third kappa shape index (κ3) is 3.03. The molecule has 0 aromatic carbocycles. The lowest BCUT2D eigenvalue weighted by Crippen LogP contribution is -2.45. The van der Waals surface area contributed by atoms with Crippen molar-refractivity contribution in [2.75, 3.05) is 6.54 Å².